The second kappa shape index (κ2) is 3.08. The van der Waals surface area contributed by atoms with Crippen molar-refractivity contribution in [2.24, 2.45) is 0 Å². The number of hydrogen-bond acceptors (Lipinski definition) is 4. The third kappa shape index (κ3) is 1.33. The normalized spacial score (nSPS) is 9.50. The zero-order chi connectivity index (χ0) is 7.56. The third-order valence-electron chi connectivity index (χ3n) is 0.916. The van der Waals surface area contributed by atoms with Gasteiger partial charge in [0.2, 0.25) is 0 Å². The topological polar surface area (TPSA) is 44.2 Å². The summed E-state index contributed by atoms with van der Waals surface area (Å²) in [5.74, 6) is 0.757. The van der Waals surface area contributed by atoms with Crippen molar-refractivity contribution in [2.45, 2.75) is 0 Å². The van der Waals surface area contributed by atoms with Crippen molar-refractivity contribution in [1.29, 1.82) is 0 Å². The van der Waals surface area contributed by atoms with Gasteiger partial charge in [0, 0.05) is 0 Å². The van der Waals surface area contributed by atoms with E-state index in [1.54, 1.807) is 0 Å². The van der Waals surface area contributed by atoms with Gasteiger partial charge in [-0.1, -0.05) is 0 Å². The smallest absolute Gasteiger partial charge is 0.284 e. The van der Waals surface area contributed by atoms with Crippen molar-refractivity contribution in [3.63, 3.8) is 0 Å². The van der Waals surface area contributed by atoms with Gasteiger partial charge in [-0.2, -0.15) is 9.49 Å². The fraction of sp³-hybridized carbons (Fsp3) is 0.500. The van der Waals surface area contributed by atoms with Crippen LogP contribution in [-0.4, -0.2) is 23.7 Å². The van der Waals surface area contributed by atoms with E-state index in [1.807, 2.05) is 0 Å². The number of aromatic nitrogens is 2. The molecule has 56 valence electrons. The van der Waals surface area contributed by atoms with Crippen molar-refractivity contribution in [2.75, 3.05) is 14.2 Å². The molecule has 0 spiro atoms. The van der Waals surface area contributed by atoms with Gasteiger partial charge in [-0.25, -0.2) is 0 Å². The van der Waals surface area contributed by atoms with E-state index in [2.05, 4.69) is 9.49 Å². The molecule has 0 amide bonds. The molecule has 0 unspecified atom stereocenters. The number of methoxy groups -OCH3 is 2. The predicted molar refractivity (Wildman–Crippen MR) is 39.1 cm³/mol. The summed E-state index contributed by atoms with van der Waals surface area (Å²) < 4.78 is 17.3. The van der Waals surface area contributed by atoms with Crippen molar-refractivity contribution < 1.29 is 9.47 Å². The number of rotatable bonds is 2. The first-order valence-corrected chi connectivity index (χ1v) is 4.64. The van der Waals surface area contributed by atoms with Gasteiger partial charge >= 0.3 is 0 Å². The molecule has 0 radical (unpaired) electrons. The second-order valence-corrected chi connectivity index (χ2v) is 3.25. The van der Waals surface area contributed by atoms with E-state index in [4.69, 9.17) is 20.7 Å². The molecule has 6 heteroatoms. The molecule has 1 heterocycles. The van der Waals surface area contributed by atoms with Gasteiger partial charge in [-0.05, 0) is 11.2 Å². The largest absolute Gasteiger partial charge is 0.477 e. The summed E-state index contributed by atoms with van der Waals surface area (Å²) in [6, 6.07) is 0. The molecule has 0 fully saturated rings. The van der Waals surface area contributed by atoms with Crippen LogP contribution in [0.15, 0.2) is 0 Å². The van der Waals surface area contributed by atoms with Crippen LogP contribution >= 0.6 is 18.4 Å². The standard InChI is InChI=1S/C4H6ClN2O2P/c1-8-3-4(9-2)7-10(5)6-3/h1-2H3. The van der Waals surface area contributed by atoms with E-state index >= 15 is 0 Å². The highest BCUT2D eigenvalue weighted by Crippen LogP contribution is 2.35. The average Bonchev–Trinajstić information content (AvgIpc) is 2.30. The molecule has 1 aromatic heterocycles. The molecular formula is C4H6ClN2O2P. The molecule has 0 saturated heterocycles. The number of ether oxygens (including phenoxy) is 2. The maximum absolute atomic E-state index is 5.59. The van der Waals surface area contributed by atoms with Gasteiger partial charge in [0.25, 0.3) is 11.8 Å². The van der Waals surface area contributed by atoms with Crippen molar-refractivity contribution >= 4 is 18.4 Å². The quantitative estimate of drug-likeness (QED) is 0.692. The van der Waals surface area contributed by atoms with Crippen LogP contribution in [0, 0.1) is 0 Å². The molecule has 0 saturated carbocycles. The molecule has 0 atom stereocenters. The lowest BCUT2D eigenvalue weighted by atomic mass is 10.8. The van der Waals surface area contributed by atoms with E-state index in [9.17, 15) is 0 Å². The maximum atomic E-state index is 5.59. The van der Waals surface area contributed by atoms with Crippen LogP contribution in [0.1, 0.15) is 0 Å². The molecule has 0 aliphatic rings. The van der Waals surface area contributed by atoms with Crippen molar-refractivity contribution in [3.05, 3.63) is 0 Å². The van der Waals surface area contributed by atoms with Crippen LogP contribution in [-0.2, 0) is 0 Å². The Morgan fingerprint density at radius 2 is 1.60 bits per heavy atom. The Morgan fingerprint density at radius 3 is 1.90 bits per heavy atom. The number of nitrogens with zero attached hydrogens (tertiary/aromatic N) is 2. The van der Waals surface area contributed by atoms with Gasteiger partial charge in [0.15, 0.2) is 7.20 Å². The Morgan fingerprint density at radius 1 is 1.20 bits per heavy atom. The van der Waals surface area contributed by atoms with Crippen LogP contribution < -0.4 is 9.47 Å². The maximum Gasteiger partial charge on any atom is 0.284 e. The molecule has 0 aliphatic carbocycles. The minimum atomic E-state index is -1.16. The number of hydrogen-bond donors (Lipinski definition) is 0. The first-order valence-electron chi connectivity index (χ1n) is 2.49. The highest BCUT2D eigenvalue weighted by atomic mass is 35.7. The Kier molecular flexibility index (Phi) is 2.35. The molecule has 4 nitrogen and oxygen atoms in total. The highest BCUT2D eigenvalue weighted by molar-refractivity contribution is 7.71. The van der Waals surface area contributed by atoms with Crippen LogP contribution in [0.4, 0.5) is 0 Å². The predicted octanol–water partition coefficient (Wildman–Crippen LogP) is 1.48. The molecule has 0 aliphatic heterocycles. The fourth-order valence-electron chi connectivity index (χ4n) is 0.514. The summed E-state index contributed by atoms with van der Waals surface area (Å²) in [6.45, 7) is 0. The minimum absolute atomic E-state index is 0.378. The third-order valence-corrected chi connectivity index (χ3v) is 2.06. The van der Waals surface area contributed by atoms with E-state index in [-0.39, 0.29) is 0 Å². The summed E-state index contributed by atoms with van der Waals surface area (Å²) in [6.07, 6.45) is 0. The lowest BCUT2D eigenvalue weighted by Gasteiger charge is -1.94. The van der Waals surface area contributed by atoms with Gasteiger partial charge < -0.3 is 9.47 Å². The molecule has 1 rings (SSSR count). The Hall–Kier alpha value is -0.470. The van der Waals surface area contributed by atoms with E-state index in [1.165, 1.54) is 14.2 Å². The first-order chi connectivity index (χ1) is 4.77. The highest BCUT2D eigenvalue weighted by Gasteiger charge is 2.09. The molecule has 1 aromatic rings. The van der Waals surface area contributed by atoms with Gasteiger partial charge in [-0.15, -0.1) is 0 Å². The summed E-state index contributed by atoms with van der Waals surface area (Å²) >= 11 is 5.59. The fourth-order valence-corrected chi connectivity index (χ4v) is 1.60. The molecule has 0 bridgehead atoms. The van der Waals surface area contributed by atoms with E-state index < -0.39 is 7.20 Å². The van der Waals surface area contributed by atoms with Crippen LogP contribution in [0.25, 0.3) is 0 Å². The average molecular weight is 181 g/mol. The van der Waals surface area contributed by atoms with E-state index in [0.717, 1.165) is 0 Å². The Labute approximate surface area is 64.1 Å². The zero-order valence-electron chi connectivity index (χ0n) is 5.54. The lowest BCUT2D eigenvalue weighted by molar-refractivity contribution is 0.340. The summed E-state index contributed by atoms with van der Waals surface area (Å²) in [5.41, 5.74) is 0. The minimum Gasteiger partial charge on any atom is -0.477 e. The monoisotopic (exact) mass is 180 g/mol. The van der Waals surface area contributed by atoms with Crippen molar-refractivity contribution in [3.8, 4) is 11.8 Å². The number of halogens is 1. The molecule has 0 N–H and O–H groups in total. The SMILES string of the molecule is COc1np(Cl)nc1OC. The van der Waals surface area contributed by atoms with Gasteiger partial charge in [-0.3, -0.25) is 0 Å². The second-order valence-electron chi connectivity index (χ2n) is 1.46. The van der Waals surface area contributed by atoms with E-state index in [0.29, 0.717) is 11.8 Å². The van der Waals surface area contributed by atoms with Crippen LogP contribution in [0.3, 0.4) is 0 Å². The van der Waals surface area contributed by atoms with Crippen molar-refractivity contribution in [1.82, 2.24) is 9.49 Å². The van der Waals surface area contributed by atoms with Crippen LogP contribution in [0.2, 0.25) is 0 Å². The Bertz CT molecular complexity index is 206. The molecule has 10 heavy (non-hydrogen) atoms. The summed E-state index contributed by atoms with van der Waals surface area (Å²) in [4.78, 5) is 0. The molecule has 0 aromatic carbocycles. The summed E-state index contributed by atoms with van der Waals surface area (Å²) in [5, 5.41) is 0. The Balaban J connectivity index is 2.96. The summed E-state index contributed by atoms with van der Waals surface area (Å²) in [7, 11) is 1.84. The molecular weight excluding hydrogens is 174 g/mol. The van der Waals surface area contributed by atoms with Gasteiger partial charge in [0.1, 0.15) is 0 Å². The van der Waals surface area contributed by atoms with Crippen LogP contribution in [0.5, 0.6) is 11.8 Å². The van der Waals surface area contributed by atoms with Gasteiger partial charge in [0.05, 0.1) is 14.2 Å². The lowest BCUT2D eigenvalue weighted by Crippen LogP contribution is -1.87. The first kappa shape index (κ1) is 7.63. The zero-order valence-corrected chi connectivity index (χ0v) is 7.19.